The van der Waals surface area contributed by atoms with Crippen molar-refractivity contribution in [1.82, 2.24) is 0 Å². The molecule has 0 aromatic heterocycles. The van der Waals surface area contributed by atoms with Crippen LogP contribution in [-0.4, -0.2) is 165 Å². The minimum atomic E-state index is -1.68. The van der Waals surface area contributed by atoms with Crippen molar-refractivity contribution in [3.05, 3.63) is 0 Å². The lowest BCUT2D eigenvalue weighted by atomic mass is 9.95. The number of aliphatic hydroxyl groups is 9. The summed E-state index contributed by atoms with van der Waals surface area (Å²) in [6, 6.07) is 0. The van der Waals surface area contributed by atoms with Crippen LogP contribution in [0.3, 0.4) is 0 Å². The second-order valence-electron chi connectivity index (χ2n) is 8.90. The smallest absolute Gasteiger partial charge is 0.187 e. The third kappa shape index (κ3) is 5.95. The average molecular weight is 516 g/mol. The summed E-state index contributed by atoms with van der Waals surface area (Å²) >= 11 is 0. The molecule has 3 aliphatic heterocycles. The van der Waals surface area contributed by atoms with Crippen molar-refractivity contribution in [2.75, 3.05) is 26.9 Å². The second-order valence-corrected chi connectivity index (χ2v) is 8.90. The van der Waals surface area contributed by atoms with Crippen LogP contribution in [0.5, 0.6) is 0 Å². The van der Waals surface area contributed by atoms with Gasteiger partial charge in [0.05, 0.1) is 25.9 Å². The largest absolute Gasteiger partial charge is 0.394 e. The van der Waals surface area contributed by atoms with Crippen LogP contribution >= 0.6 is 0 Å². The Balaban J connectivity index is 1.70. The Kier molecular flexibility index (Phi) is 10.2. The Morgan fingerprint density at radius 3 is 1.77 bits per heavy atom. The van der Waals surface area contributed by atoms with Gasteiger partial charge in [-0.15, -0.1) is 0 Å². The third-order valence-electron chi connectivity index (χ3n) is 6.58. The van der Waals surface area contributed by atoms with Gasteiger partial charge in [0.2, 0.25) is 0 Å². The first-order chi connectivity index (χ1) is 16.5. The molecular formula is C20H36O15. The summed E-state index contributed by atoms with van der Waals surface area (Å²) in [5.41, 5.74) is 0. The molecule has 0 amide bonds. The second kappa shape index (κ2) is 12.3. The maximum absolute atomic E-state index is 10.6. The van der Waals surface area contributed by atoms with E-state index in [1.807, 2.05) is 0 Å². The van der Waals surface area contributed by atoms with Gasteiger partial charge in [0.25, 0.3) is 0 Å². The van der Waals surface area contributed by atoms with E-state index in [2.05, 4.69) is 0 Å². The van der Waals surface area contributed by atoms with E-state index in [4.69, 9.17) is 28.4 Å². The highest BCUT2D eigenvalue weighted by Crippen LogP contribution is 2.31. The molecule has 0 aromatic rings. The van der Waals surface area contributed by atoms with Crippen LogP contribution in [0.4, 0.5) is 0 Å². The van der Waals surface area contributed by atoms with E-state index in [0.717, 1.165) is 0 Å². The van der Waals surface area contributed by atoms with Gasteiger partial charge in [0, 0.05) is 7.11 Å². The SMILES string of the molecule is CO[C@@H]1C(CO[C@H]2OC(CO)[C@H](O)C(O)C2O)O[C@@H](O[C@@H]2C(CO)O[C@@H](C)C(O)C2O)C(O)C1O. The predicted octanol–water partition coefficient (Wildman–Crippen LogP) is -5.85. The summed E-state index contributed by atoms with van der Waals surface area (Å²) in [6.07, 6.45) is -20.8. The molecule has 9 N–H and O–H groups in total. The zero-order valence-electron chi connectivity index (χ0n) is 19.3. The fraction of sp³-hybridized carbons (Fsp3) is 1.00. The van der Waals surface area contributed by atoms with E-state index < -0.39 is 112 Å². The van der Waals surface area contributed by atoms with Gasteiger partial charge in [-0.25, -0.2) is 0 Å². The highest BCUT2D eigenvalue weighted by atomic mass is 16.7. The van der Waals surface area contributed by atoms with Crippen LogP contribution in [0.25, 0.3) is 0 Å². The lowest BCUT2D eigenvalue weighted by Crippen LogP contribution is -2.65. The van der Waals surface area contributed by atoms with Crippen molar-refractivity contribution in [1.29, 1.82) is 0 Å². The molecule has 3 aliphatic rings. The maximum Gasteiger partial charge on any atom is 0.187 e. The van der Waals surface area contributed by atoms with Gasteiger partial charge >= 0.3 is 0 Å². The Bertz CT molecular complexity index is 652. The van der Waals surface area contributed by atoms with Gasteiger partial charge in [0.1, 0.15) is 73.2 Å². The van der Waals surface area contributed by atoms with E-state index in [1.54, 1.807) is 0 Å². The highest BCUT2D eigenvalue weighted by Gasteiger charge is 2.51. The van der Waals surface area contributed by atoms with Crippen LogP contribution in [0, 0.1) is 0 Å². The molecule has 206 valence electrons. The summed E-state index contributed by atoms with van der Waals surface area (Å²) in [5.74, 6) is 0. The summed E-state index contributed by atoms with van der Waals surface area (Å²) in [7, 11) is 1.24. The van der Waals surface area contributed by atoms with Gasteiger partial charge in [0.15, 0.2) is 12.6 Å². The molecule has 3 saturated heterocycles. The Hall–Kier alpha value is -0.600. The van der Waals surface area contributed by atoms with E-state index in [0.29, 0.717) is 0 Å². The summed E-state index contributed by atoms with van der Waals surface area (Å²) in [5, 5.41) is 90.5. The first-order valence-corrected chi connectivity index (χ1v) is 11.3. The van der Waals surface area contributed by atoms with Crippen LogP contribution in [0.2, 0.25) is 0 Å². The number of ether oxygens (including phenoxy) is 6. The molecule has 35 heavy (non-hydrogen) atoms. The maximum atomic E-state index is 10.6. The Labute approximate surface area is 200 Å². The van der Waals surface area contributed by atoms with Crippen LogP contribution in [-0.2, 0) is 28.4 Å². The lowest BCUT2D eigenvalue weighted by Gasteiger charge is -2.46. The number of rotatable bonds is 8. The lowest BCUT2D eigenvalue weighted by molar-refractivity contribution is -0.354. The molecule has 0 spiro atoms. The van der Waals surface area contributed by atoms with Crippen molar-refractivity contribution < 1.29 is 74.4 Å². The molecule has 3 heterocycles. The summed E-state index contributed by atoms with van der Waals surface area (Å²) in [6.45, 7) is -0.168. The molecule has 0 saturated carbocycles. The Morgan fingerprint density at radius 1 is 0.600 bits per heavy atom. The number of aliphatic hydroxyl groups excluding tert-OH is 9. The van der Waals surface area contributed by atoms with Crippen LogP contribution < -0.4 is 0 Å². The molecule has 3 rings (SSSR count). The molecule has 0 radical (unpaired) electrons. The van der Waals surface area contributed by atoms with E-state index in [9.17, 15) is 46.0 Å². The van der Waals surface area contributed by atoms with Gasteiger partial charge in [-0.05, 0) is 6.92 Å². The zero-order valence-corrected chi connectivity index (χ0v) is 19.3. The van der Waals surface area contributed by atoms with Crippen LogP contribution in [0.1, 0.15) is 6.92 Å². The minimum Gasteiger partial charge on any atom is -0.394 e. The van der Waals surface area contributed by atoms with Gasteiger partial charge in [-0.3, -0.25) is 0 Å². The number of hydrogen-bond donors (Lipinski definition) is 9. The summed E-state index contributed by atoms with van der Waals surface area (Å²) < 4.78 is 32.7. The minimum absolute atomic E-state index is 0.433. The van der Waals surface area contributed by atoms with Crippen molar-refractivity contribution in [2.45, 2.75) is 98.9 Å². The normalized spacial score (nSPS) is 51.3. The molecule has 3 fully saturated rings. The zero-order chi connectivity index (χ0) is 26.0. The predicted molar refractivity (Wildman–Crippen MR) is 109 cm³/mol. The van der Waals surface area contributed by atoms with E-state index in [-0.39, 0.29) is 0 Å². The fourth-order valence-electron chi connectivity index (χ4n) is 4.43. The first kappa shape index (κ1) is 29.0. The van der Waals surface area contributed by atoms with Crippen molar-refractivity contribution in [3.63, 3.8) is 0 Å². The van der Waals surface area contributed by atoms with Crippen molar-refractivity contribution in [3.8, 4) is 0 Å². The molecule has 0 aromatic carbocycles. The topological polar surface area (TPSA) is 237 Å². The van der Waals surface area contributed by atoms with Gasteiger partial charge in [-0.1, -0.05) is 0 Å². The monoisotopic (exact) mass is 516 g/mol. The van der Waals surface area contributed by atoms with E-state index in [1.165, 1.54) is 14.0 Å². The van der Waals surface area contributed by atoms with Gasteiger partial charge in [-0.2, -0.15) is 0 Å². The van der Waals surface area contributed by atoms with E-state index >= 15 is 0 Å². The number of methoxy groups -OCH3 is 1. The van der Waals surface area contributed by atoms with Gasteiger partial charge < -0.3 is 74.4 Å². The Morgan fingerprint density at radius 2 is 1.17 bits per heavy atom. The molecule has 0 bridgehead atoms. The van der Waals surface area contributed by atoms with Crippen LogP contribution in [0.15, 0.2) is 0 Å². The quantitative estimate of drug-likeness (QED) is 0.146. The first-order valence-electron chi connectivity index (χ1n) is 11.3. The number of hydrogen-bond acceptors (Lipinski definition) is 15. The highest BCUT2D eigenvalue weighted by molar-refractivity contribution is 4.95. The van der Waals surface area contributed by atoms with Crippen molar-refractivity contribution in [2.24, 2.45) is 0 Å². The standard InChI is InChI=1S/C20H36O15/c1-6-10(23)13(26)18(8(4-22)32-6)35-20-16(29)14(27)17(30-2)9(34-20)5-31-19-15(28)12(25)11(24)7(3-21)33-19/h6-29H,3-5H2,1-2H3/t6-,7?,8?,9?,10?,11-,12?,13?,14?,15?,16?,17+,18+,19-,20-/m0/s1. The van der Waals surface area contributed by atoms with Crippen molar-refractivity contribution >= 4 is 0 Å². The molecular weight excluding hydrogens is 480 g/mol. The fourth-order valence-corrected chi connectivity index (χ4v) is 4.43. The summed E-state index contributed by atoms with van der Waals surface area (Å²) in [4.78, 5) is 0. The molecule has 15 atom stereocenters. The average Bonchev–Trinajstić information content (AvgIpc) is 2.85. The third-order valence-corrected chi connectivity index (χ3v) is 6.58. The molecule has 0 aliphatic carbocycles. The molecule has 15 heteroatoms. The molecule has 15 nitrogen and oxygen atoms in total. The molecule has 9 unspecified atom stereocenters.